The largest absolute Gasteiger partial charge is 0.508 e. The molecule has 2 N–H and O–H groups in total. The van der Waals surface area contributed by atoms with Gasteiger partial charge in [0.15, 0.2) is 18.3 Å². The number of carbonyl (C=O) groups excluding carboxylic acids is 4. The lowest BCUT2D eigenvalue weighted by Gasteiger charge is -2.44. The second kappa shape index (κ2) is 10.1. The van der Waals surface area contributed by atoms with Crippen LogP contribution in [0.1, 0.15) is 39.4 Å². The Hall–Kier alpha value is -3.34. The Morgan fingerprint density at radius 2 is 1.39 bits per heavy atom. The minimum absolute atomic E-state index is 0.0116. The van der Waals surface area contributed by atoms with Gasteiger partial charge >= 0.3 is 23.9 Å². The summed E-state index contributed by atoms with van der Waals surface area (Å²) < 4.78 is 26.8. The van der Waals surface area contributed by atoms with Crippen LogP contribution in [0.15, 0.2) is 18.2 Å². The molecule has 170 valence electrons. The number of hydrogen-bond donors (Lipinski definition) is 2. The molecule has 0 unspecified atom stereocenters. The number of phenols is 2. The standard InChI is InChI=1S/C20H24O11/c1-9(21)27-8-16-18(28-10(2)22)20(30-12(4)24)19(29-11(3)23)17(31-16)14-7-13(25)5-6-15(14)26/h5-7,16-20,25-26H,8H2,1-4H3/t16-,17+,18-,19+,20+/m1/s1. The molecular formula is C20H24O11. The first-order valence-corrected chi connectivity index (χ1v) is 9.32. The van der Waals surface area contributed by atoms with E-state index in [9.17, 15) is 29.4 Å². The Balaban J connectivity index is 2.59. The highest BCUT2D eigenvalue weighted by molar-refractivity contribution is 5.69. The topological polar surface area (TPSA) is 155 Å². The molecule has 1 aliphatic rings. The first-order valence-electron chi connectivity index (χ1n) is 9.32. The Morgan fingerprint density at radius 1 is 0.839 bits per heavy atom. The summed E-state index contributed by atoms with van der Waals surface area (Å²) in [6.45, 7) is 4.09. The molecule has 1 aromatic rings. The van der Waals surface area contributed by atoms with Crippen LogP contribution in [0.5, 0.6) is 11.5 Å². The highest BCUT2D eigenvalue weighted by Gasteiger charge is 2.53. The fraction of sp³-hybridized carbons (Fsp3) is 0.500. The fourth-order valence-electron chi connectivity index (χ4n) is 3.25. The minimum Gasteiger partial charge on any atom is -0.508 e. The summed E-state index contributed by atoms with van der Waals surface area (Å²) in [4.78, 5) is 46.6. The first kappa shape index (κ1) is 23.9. The van der Waals surface area contributed by atoms with Crippen molar-refractivity contribution in [1.29, 1.82) is 0 Å². The average molecular weight is 440 g/mol. The van der Waals surface area contributed by atoms with Crippen molar-refractivity contribution in [2.24, 2.45) is 0 Å². The molecule has 31 heavy (non-hydrogen) atoms. The molecular weight excluding hydrogens is 416 g/mol. The number of benzene rings is 1. The van der Waals surface area contributed by atoms with Crippen LogP contribution < -0.4 is 0 Å². The Bertz CT molecular complexity index is 850. The van der Waals surface area contributed by atoms with Gasteiger partial charge in [0.1, 0.15) is 30.3 Å². The van der Waals surface area contributed by atoms with Crippen molar-refractivity contribution in [2.45, 2.75) is 58.2 Å². The van der Waals surface area contributed by atoms with Gasteiger partial charge in [0.25, 0.3) is 0 Å². The van der Waals surface area contributed by atoms with E-state index in [0.29, 0.717) is 0 Å². The van der Waals surface area contributed by atoms with E-state index in [2.05, 4.69) is 0 Å². The van der Waals surface area contributed by atoms with Crippen molar-refractivity contribution in [3.63, 3.8) is 0 Å². The van der Waals surface area contributed by atoms with Crippen molar-refractivity contribution < 1.29 is 53.1 Å². The normalized spacial score (nSPS) is 25.2. The number of ether oxygens (including phenoxy) is 5. The SMILES string of the molecule is CC(=O)OC[C@H]1O[C@@H](c2cc(O)ccc2O)[C@H](OC(C)=O)[C@@H](OC(C)=O)[C@@H]1OC(C)=O. The molecule has 1 aliphatic heterocycles. The lowest BCUT2D eigenvalue weighted by Crippen LogP contribution is -2.59. The maximum atomic E-state index is 11.8. The number of phenolic OH excluding ortho intramolecular Hbond substituents is 2. The summed E-state index contributed by atoms with van der Waals surface area (Å²) in [5.74, 6) is -3.46. The van der Waals surface area contributed by atoms with E-state index in [1.165, 1.54) is 18.2 Å². The summed E-state index contributed by atoms with van der Waals surface area (Å²) in [5, 5.41) is 20.2. The molecule has 11 nitrogen and oxygen atoms in total. The maximum Gasteiger partial charge on any atom is 0.303 e. The van der Waals surface area contributed by atoms with Gasteiger partial charge in [-0.25, -0.2) is 0 Å². The third-order valence-electron chi connectivity index (χ3n) is 4.31. The molecule has 0 aliphatic carbocycles. The predicted octanol–water partition coefficient (Wildman–Crippen LogP) is 0.896. The second-order valence-electron chi connectivity index (χ2n) is 6.86. The van der Waals surface area contributed by atoms with E-state index in [0.717, 1.165) is 27.7 Å². The van der Waals surface area contributed by atoms with E-state index < -0.39 is 61.0 Å². The lowest BCUT2D eigenvalue weighted by atomic mass is 9.90. The van der Waals surface area contributed by atoms with Crippen molar-refractivity contribution in [3.8, 4) is 11.5 Å². The first-order chi connectivity index (χ1) is 14.5. The van der Waals surface area contributed by atoms with Crippen LogP contribution in [-0.2, 0) is 42.9 Å². The second-order valence-corrected chi connectivity index (χ2v) is 6.86. The number of hydrogen-bond acceptors (Lipinski definition) is 11. The molecule has 1 heterocycles. The Kier molecular flexibility index (Phi) is 7.81. The van der Waals surface area contributed by atoms with Gasteiger partial charge in [-0.3, -0.25) is 19.2 Å². The van der Waals surface area contributed by atoms with Gasteiger partial charge in [-0.05, 0) is 18.2 Å². The van der Waals surface area contributed by atoms with E-state index in [4.69, 9.17) is 23.7 Å². The molecule has 0 spiro atoms. The van der Waals surface area contributed by atoms with Crippen LogP contribution in [0.2, 0.25) is 0 Å². The van der Waals surface area contributed by atoms with Crippen LogP contribution in [0.4, 0.5) is 0 Å². The molecule has 5 atom stereocenters. The summed E-state index contributed by atoms with van der Waals surface area (Å²) in [5.41, 5.74) is 0.0116. The quantitative estimate of drug-likeness (QED) is 0.368. The van der Waals surface area contributed by atoms with Gasteiger partial charge in [-0.15, -0.1) is 0 Å². The van der Waals surface area contributed by atoms with E-state index in [1.54, 1.807) is 0 Å². The molecule has 1 aromatic carbocycles. The Morgan fingerprint density at radius 3 is 1.94 bits per heavy atom. The molecule has 0 radical (unpaired) electrons. The number of esters is 4. The van der Waals surface area contributed by atoms with Crippen molar-refractivity contribution in [1.82, 2.24) is 0 Å². The van der Waals surface area contributed by atoms with E-state index in [-0.39, 0.29) is 17.1 Å². The highest BCUT2D eigenvalue weighted by atomic mass is 16.7. The summed E-state index contributed by atoms with van der Waals surface area (Å²) in [6, 6.07) is 3.60. The van der Waals surface area contributed by atoms with Crippen LogP contribution in [-0.4, -0.2) is 65.1 Å². The zero-order valence-electron chi connectivity index (χ0n) is 17.4. The van der Waals surface area contributed by atoms with Crippen molar-refractivity contribution in [3.05, 3.63) is 23.8 Å². The van der Waals surface area contributed by atoms with Gasteiger partial charge in [-0.2, -0.15) is 0 Å². The smallest absolute Gasteiger partial charge is 0.303 e. The van der Waals surface area contributed by atoms with Gasteiger partial charge in [0.05, 0.1) is 0 Å². The van der Waals surface area contributed by atoms with Crippen molar-refractivity contribution >= 4 is 23.9 Å². The van der Waals surface area contributed by atoms with E-state index in [1.807, 2.05) is 0 Å². The molecule has 1 saturated heterocycles. The molecule has 1 fully saturated rings. The fourth-order valence-corrected chi connectivity index (χ4v) is 3.25. The average Bonchev–Trinajstić information content (AvgIpc) is 2.64. The van der Waals surface area contributed by atoms with Gasteiger partial charge < -0.3 is 33.9 Å². The zero-order chi connectivity index (χ0) is 23.3. The molecule has 0 aromatic heterocycles. The third kappa shape index (κ3) is 6.32. The molecule has 0 saturated carbocycles. The van der Waals surface area contributed by atoms with E-state index >= 15 is 0 Å². The summed E-state index contributed by atoms with van der Waals surface area (Å²) >= 11 is 0. The van der Waals surface area contributed by atoms with Gasteiger partial charge in [0.2, 0.25) is 0 Å². The predicted molar refractivity (Wildman–Crippen MR) is 101 cm³/mol. The monoisotopic (exact) mass is 440 g/mol. The molecule has 2 rings (SSSR count). The zero-order valence-corrected chi connectivity index (χ0v) is 17.4. The molecule has 0 amide bonds. The van der Waals surface area contributed by atoms with Crippen LogP contribution >= 0.6 is 0 Å². The number of rotatable bonds is 6. The van der Waals surface area contributed by atoms with Crippen LogP contribution in [0.25, 0.3) is 0 Å². The third-order valence-corrected chi connectivity index (χ3v) is 4.31. The minimum atomic E-state index is -1.37. The van der Waals surface area contributed by atoms with Crippen LogP contribution in [0.3, 0.4) is 0 Å². The highest BCUT2D eigenvalue weighted by Crippen LogP contribution is 2.41. The lowest BCUT2D eigenvalue weighted by molar-refractivity contribution is -0.254. The molecule has 11 heteroatoms. The maximum absolute atomic E-state index is 11.8. The number of aromatic hydroxyl groups is 2. The van der Waals surface area contributed by atoms with Gasteiger partial charge in [0, 0.05) is 33.3 Å². The van der Waals surface area contributed by atoms with Crippen molar-refractivity contribution in [2.75, 3.05) is 6.61 Å². The summed E-state index contributed by atoms with van der Waals surface area (Å²) in [7, 11) is 0. The Labute approximate surface area is 177 Å². The van der Waals surface area contributed by atoms with Gasteiger partial charge in [-0.1, -0.05) is 0 Å². The number of carbonyl (C=O) groups is 4. The molecule has 0 bridgehead atoms. The summed E-state index contributed by atoms with van der Waals surface area (Å²) in [6.07, 6.45) is -6.47. The van der Waals surface area contributed by atoms with Crippen LogP contribution in [0, 0.1) is 0 Å².